The smallest absolute Gasteiger partial charge is 0.323 e. The number of nitrogens with zero attached hydrogens (tertiary/aromatic N) is 1. The van der Waals surface area contributed by atoms with Gasteiger partial charge in [0.25, 0.3) is 0 Å². The van der Waals surface area contributed by atoms with Gasteiger partial charge < -0.3 is 19.8 Å². The number of rotatable bonds is 7. The lowest BCUT2D eigenvalue weighted by Crippen LogP contribution is -2.19. The number of carbonyl (C=O) groups is 2. The van der Waals surface area contributed by atoms with Crippen molar-refractivity contribution in [1.29, 1.82) is 0 Å². The molecule has 0 aliphatic heterocycles. The number of hydrogen-bond acceptors (Lipinski definition) is 5. The normalized spacial score (nSPS) is 10.5. The number of nitrogens with one attached hydrogen (secondary N) is 2. The van der Waals surface area contributed by atoms with E-state index >= 15 is 0 Å². The number of esters is 1. The molecule has 0 aliphatic rings. The Morgan fingerprint density at radius 2 is 1.48 bits per heavy atom. The highest BCUT2D eigenvalue weighted by Crippen LogP contribution is 2.25. The maximum atomic E-state index is 12.3. The Balaban J connectivity index is 1.33. The molecule has 1 heterocycles. The van der Waals surface area contributed by atoms with E-state index in [0.717, 1.165) is 22.4 Å². The van der Waals surface area contributed by atoms with Crippen LogP contribution in [-0.4, -0.2) is 23.6 Å². The maximum absolute atomic E-state index is 12.3. The third-order valence-electron chi connectivity index (χ3n) is 4.83. The lowest BCUT2D eigenvalue weighted by atomic mass is 10.1. The van der Waals surface area contributed by atoms with E-state index in [4.69, 9.17) is 9.15 Å². The third-order valence-corrected chi connectivity index (χ3v) is 4.83. The molecular weight excluding hydrogens is 418 g/mol. The molecule has 7 nitrogen and oxygen atoms in total. The lowest BCUT2D eigenvalue weighted by molar-refractivity contribution is -0.142. The first-order valence-electron chi connectivity index (χ1n) is 10.5. The standard InChI is InChI=1S/C26H23N3O4/c1-2-32-24(30)16-18-8-12-21(13-9-18)27-26(31)28-22-14-10-20(11-15-22)25-29-23(17-33-25)19-6-4-3-5-7-19/h3-15,17H,2,16H2,1H3,(H2,27,28,31). The summed E-state index contributed by atoms with van der Waals surface area (Å²) in [6, 6.07) is 23.7. The van der Waals surface area contributed by atoms with Crippen molar-refractivity contribution in [2.75, 3.05) is 17.2 Å². The second-order valence-corrected chi connectivity index (χ2v) is 7.24. The van der Waals surface area contributed by atoms with E-state index in [1.54, 1.807) is 49.6 Å². The number of amides is 2. The van der Waals surface area contributed by atoms with Crippen molar-refractivity contribution in [1.82, 2.24) is 4.98 Å². The summed E-state index contributed by atoms with van der Waals surface area (Å²) in [5.41, 5.74) is 4.61. The Bertz CT molecular complexity index is 1220. The van der Waals surface area contributed by atoms with Crippen LogP contribution in [0.25, 0.3) is 22.7 Å². The molecule has 0 spiro atoms. The monoisotopic (exact) mass is 441 g/mol. The summed E-state index contributed by atoms with van der Waals surface area (Å²) < 4.78 is 10.5. The molecule has 33 heavy (non-hydrogen) atoms. The number of benzene rings is 3. The number of carbonyl (C=O) groups excluding carboxylic acids is 2. The van der Waals surface area contributed by atoms with Crippen molar-refractivity contribution in [3.05, 3.63) is 90.7 Å². The first-order valence-corrected chi connectivity index (χ1v) is 10.5. The predicted molar refractivity (Wildman–Crippen MR) is 127 cm³/mol. The van der Waals surface area contributed by atoms with Crippen LogP contribution >= 0.6 is 0 Å². The van der Waals surface area contributed by atoms with E-state index < -0.39 is 0 Å². The summed E-state index contributed by atoms with van der Waals surface area (Å²) in [5, 5.41) is 5.56. The van der Waals surface area contributed by atoms with Gasteiger partial charge in [-0.1, -0.05) is 42.5 Å². The molecule has 0 aliphatic carbocycles. The van der Waals surface area contributed by atoms with E-state index in [2.05, 4.69) is 15.6 Å². The number of anilines is 2. The second-order valence-electron chi connectivity index (χ2n) is 7.24. The van der Waals surface area contributed by atoms with E-state index in [1.807, 2.05) is 42.5 Å². The number of urea groups is 1. The molecule has 166 valence electrons. The van der Waals surface area contributed by atoms with Gasteiger partial charge in [-0.15, -0.1) is 0 Å². The minimum Gasteiger partial charge on any atom is -0.466 e. The van der Waals surface area contributed by atoms with E-state index in [-0.39, 0.29) is 18.4 Å². The van der Waals surface area contributed by atoms with E-state index in [1.165, 1.54) is 0 Å². The molecule has 3 aromatic carbocycles. The average molecular weight is 441 g/mol. The van der Waals surface area contributed by atoms with Crippen molar-refractivity contribution >= 4 is 23.4 Å². The van der Waals surface area contributed by atoms with E-state index in [0.29, 0.717) is 23.9 Å². The summed E-state index contributed by atoms with van der Waals surface area (Å²) >= 11 is 0. The van der Waals surface area contributed by atoms with Gasteiger partial charge in [-0.05, 0) is 48.9 Å². The van der Waals surface area contributed by atoms with Crippen molar-refractivity contribution in [2.45, 2.75) is 13.3 Å². The van der Waals surface area contributed by atoms with Gasteiger partial charge in [0.15, 0.2) is 0 Å². The van der Waals surface area contributed by atoms with Crippen LogP contribution in [0.3, 0.4) is 0 Å². The molecule has 0 saturated heterocycles. The first kappa shape index (κ1) is 21.8. The summed E-state index contributed by atoms with van der Waals surface area (Å²) in [7, 11) is 0. The number of oxazole rings is 1. The van der Waals surface area contributed by atoms with Crippen LogP contribution in [0.1, 0.15) is 12.5 Å². The third kappa shape index (κ3) is 5.86. The number of ether oxygens (including phenoxy) is 1. The van der Waals surface area contributed by atoms with Crippen LogP contribution < -0.4 is 10.6 Å². The average Bonchev–Trinajstić information content (AvgIpc) is 3.32. The van der Waals surface area contributed by atoms with Crippen molar-refractivity contribution in [3.63, 3.8) is 0 Å². The SMILES string of the molecule is CCOC(=O)Cc1ccc(NC(=O)Nc2ccc(-c3nc(-c4ccccc4)co3)cc2)cc1. The lowest BCUT2D eigenvalue weighted by Gasteiger charge is -2.09. The molecular formula is C26H23N3O4. The molecule has 0 unspecified atom stereocenters. The first-order chi connectivity index (χ1) is 16.1. The molecule has 7 heteroatoms. The molecule has 4 rings (SSSR count). The fourth-order valence-corrected chi connectivity index (χ4v) is 3.22. The molecule has 0 saturated carbocycles. The summed E-state index contributed by atoms with van der Waals surface area (Å²) in [4.78, 5) is 28.4. The minimum absolute atomic E-state index is 0.198. The Hall–Kier alpha value is -4.39. The molecule has 0 bridgehead atoms. The van der Waals surface area contributed by atoms with Gasteiger partial charge in [-0.2, -0.15) is 0 Å². The Kier molecular flexibility index (Phi) is 6.80. The number of hydrogen-bond donors (Lipinski definition) is 2. The van der Waals surface area contributed by atoms with Gasteiger partial charge in [-0.25, -0.2) is 9.78 Å². The molecule has 2 amide bonds. The number of aromatic nitrogens is 1. The summed E-state index contributed by atoms with van der Waals surface area (Å²) in [6.45, 7) is 2.12. The highest BCUT2D eigenvalue weighted by molar-refractivity contribution is 5.99. The van der Waals surface area contributed by atoms with Crippen LogP contribution in [0, 0.1) is 0 Å². The topological polar surface area (TPSA) is 93.5 Å². The summed E-state index contributed by atoms with van der Waals surface area (Å²) in [5.74, 6) is 0.230. The molecule has 1 aromatic heterocycles. The highest BCUT2D eigenvalue weighted by Gasteiger charge is 2.10. The van der Waals surface area contributed by atoms with E-state index in [9.17, 15) is 9.59 Å². The zero-order chi connectivity index (χ0) is 23.0. The van der Waals surface area contributed by atoms with Gasteiger partial charge >= 0.3 is 12.0 Å². The molecule has 0 fully saturated rings. The van der Waals surface area contributed by atoms with Crippen molar-refractivity contribution in [2.24, 2.45) is 0 Å². The Labute approximate surface area is 191 Å². The fraction of sp³-hybridized carbons (Fsp3) is 0.115. The van der Waals surface area contributed by atoms with Crippen LogP contribution in [0.5, 0.6) is 0 Å². The van der Waals surface area contributed by atoms with Crippen molar-refractivity contribution < 1.29 is 18.7 Å². The predicted octanol–water partition coefficient (Wildman–Crippen LogP) is 5.76. The molecule has 0 atom stereocenters. The quantitative estimate of drug-likeness (QED) is 0.356. The largest absolute Gasteiger partial charge is 0.466 e. The molecule has 2 N–H and O–H groups in total. The fourth-order valence-electron chi connectivity index (χ4n) is 3.22. The zero-order valence-electron chi connectivity index (χ0n) is 18.1. The highest BCUT2D eigenvalue weighted by atomic mass is 16.5. The van der Waals surface area contributed by atoms with Crippen LogP contribution in [0.2, 0.25) is 0 Å². The van der Waals surface area contributed by atoms with Crippen LogP contribution in [0.15, 0.2) is 89.5 Å². The molecule has 0 radical (unpaired) electrons. The van der Waals surface area contributed by atoms with Crippen LogP contribution in [-0.2, 0) is 16.0 Å². The maximum Gasteiger partial charge on any atom is 0.323 e. The summed E-state index contributed by atoms with van der Waals surface area (Å²) in [6.07, 6.45) is 1.83. The second kappa shape index (κ2) is 10.3. The molecule has 4 aromatic rings. The van der Waals surface area contributed by atoms with Crippen LogP contribution in [0.4, 0.5) is 16.2 Å². The minimum atomic E-state index is -0.372. The van der Waals surface area contributed by atoms with Gasteiger partial charge in [-0.3, -0.25) is 4.79 Å². The van der Waals surface area contributed by atoms with Gasteiger partial charge in [0.05, 0.1) is 13.0 Å². The Morgan fingerprint density at radius 1 is 0.848 bits per heavy atom. The van der Waals surface area contributed by atoms with Crippen molar-refractivity contribution in [3.8, 4) is 22.7 Å². The van der Waals surface area contributed by atoms with Gasteiger partial charge in [0, 0.05) is 22.5 Å². The van der Waals surface area contributed by atoms with Gasteiger partial charge in [0.2, 0.25) is 5.89 Å². The Morgan fingerprint density at radius 3 is 2.12 bits per heavy atom. The zero-order valence-corrected chi connectivity index (χ0v) is 18.1. The van der Waals surface area contributed by atoms with Gasteiger partial charge in [0.1, 0.15) is 12.0 Å².